The highest BCUT2D eigenvalue weighted by molar-refractivity contribution is 6.20. The molecule has 0 fully saturated rings. The van der Waals surface area contributed by atoms with Crippen molar-refractivity contribution in [1.82, 2.24) is 0 Å². The standard InChI is InChI=1S/C26H18FNO5/c27-20-12-5-4-11-19(20)23-22(21(29)14-13-16-7-2-1-3-8-16)24(30)25(31)28(23)18-10-6-9-17(15-18)26(32)33/h1-15,23,30H,(H,32,33). The van der Waals surface area contributed by atoms with E-state index >= 15 is 0 Å². The van der Waals surface area contributed by atoms with Crippen LogP contribution in [-0.4, -0.2) is 27.9 Å². The number of carbonyl (C=O) groups excluding carboxylic acids is 2. The van der Waals surface area contributed by atoms with E-state index in [0.717, 1.165) is 10.5 Å². The summed E-state index contributed by atoms with van der Waals surface area (Å²) in [7, 11) is 0. The molecular formula is C26H18FNO5. The van der Waals surface area contributed by atoms with Gasteiger partial charge < -0.3 is 10.2 Å². The topological polar surface area (TPSA) is 94.9 Å². The van der Waals surface area contributed by atoms with Crippen LogP contribution in [0.3, 0.4) is 0 Å². The summed E-state index contributed by atoms with van der Waals surface area (Å²) in [4.78, 5) is 38.6. The first kappa shape index (κ1) is 21.7. The molecule has 1 aliphatic heterocycles. The van der Waals surface area contributed by atoms with E-state index in [0.29, 0.717) is 0 Å². The van der Waals surface area contributed by atoms with Crippen LogP contribution >= 0.6 is 0 Å². The number of amides is 1. The minimum absolute atomic E-state index is 0.00732. The zero-order valence-electron chi connectivity index (χ0n) is 17.2. The van der Waals surface area contributed by atoms with Gasteiger partial charge in [-0.1, -0.05) is 60.7 Å². The van der Waals surface area contributed by atoms with E-state index in [4.69, 9.17) is 0 Å². The van der Waals surface area contributed by atoms with Crippen LogP contribution in [0, 0.1) is 5.82 Å². The Labute approximate surface area is 188 Å². The number of aromatic carboxylic acids is 1. The highest BCUT2D eigenvalue weighted by Crippen LogP contribution is 2.42. The fraction of sp³-hybridized carbons (Fsp3) is 0.0385. The smallest absolute Gasteiger partial charge is 0.335 e. The third-order valence-corrected chi connectivity index (χ3v) is 5.27. The predicted octanol–water partition coefficient (Wildman–Crippen LogP) is 4.71. The Bertz CT molecular complexity index is 1310. The van der Waals surface area contributed by atoms with Crippen molar-refractivity contribution < 1.29 is 29.0 Å². The molecular weight excluding hydrogens is 425 g/mol. The van der Waals surface area contributed by atoms with Gasteiger partial charge in [0.15, 0.2) is 11.5 Å². The average Bonchev–Trinajstić information content (AvgIpc) is 3.09. The van der Waals surface area contributed by atoms with Crippen LogP contribution in [0.5, 0.6) is 0 Å². The molecule has 2 N–H and O–H groups in total. The normalized spacial score (nSPS) is 16.0. The van der Waals surface area contributed by atoms with Crippen molar-refractivity contribution in [3.05, 3.63) is 119 Å². The van der Waals surface area contributed by atoms with Crippen molar-refractivity contribution in [1.29, 1.82) is 0 Å². The van der Waals surface area contributed by atoms with Crippen molar-refractivity contribution in [2.75, 3.05) is 4.90 Å². The number of aliphatic hydroxyl groups excluding tert-OH is 1. The lowest BCUT2D eigenvalue weighted by molar-refractivity contribution is -0.117. The van der Waals surface area contributed by atoms with Crippen molar-refractivity contribution in [2.45, 2.75) is 6.04 Å². The third kappa shape index (κ3) is 4.16. The summed E-state index contributed by atoms with van der Waals surface area (Å²) in [6.45, 7) is 0. The maximum absolute atomic E-state index is 14.8. The Morgan fingerprint density at radius 1 is 0.939 bits per heavy atom. The fourth-order valence-corrected chi connectivity index (χ4v) is 3.73. The monoisotopic (exact) mass is 443 g/mol. The molecule has 7 heteroatoms. The zero-order valence-corrected chi connectivity index (χ0v) is 17.2. The molecule has 4 rings (SSSR count). The molecule has 0 radical (unpaired) electrons. The van der Waals surface area contributed by atoms with E-state index in [1.165, 1.54) is 54.6 Å². The van der Waals surface area contributed by atoms with Gasteiger partial charge in [0.05, 0.1) is 17.2 Å². The minimum Gasteiger partial charge on any atom is -0.503 e. The number of anilines is 1. The SMILES string of the molecule is O=C(C=Cc1ccccc1)C1=C(O)C(=O)N(c2cccc(C(=O)O)c2)C1c1ccccc1F. The number of nitrogens with zero attached hydrogens (tertiary/aromatic N) is 1. The van der Waals surface area contributed by atoms with Crippen LogP contribution in [0.4, 0.5) is 10.1 Å². The average molecular weight is 443 g/mol. The Kier molecular flexibility index (Phi) is 5.87. The molecule has 0 spiro atoms. The molecule has 0 saturated heterocycles. The molecule has 3 aromatic rings. The number of carboxylic acid groups (broad SMARTS) is 1. The van der Waals surface area contributed by atoms with Crippen molar-refractivity contribution in [3.63, 3.8) is 0 Å². The maximum Gasteiger partial charge on any atom is 0.335 e. The molecule has 0 aromatic heterocycles. The van der Waals surface area contributed by atoms with Crippen LogP contribution in [-0.2, 0) is 9.59 Å². The van der Waals surface area contributed by atoms with Gasteiger partial charge >= 0.3 is 5.97 Å². The Morgan fingerprint density at radius 3 is 2.33 bits per heavy atom. The van der Waals surface area contributed by atoms with Gasteiger partial charge in [-0.2, -0.15) is 0 Å². The molecule has 1 unspecified atom stereocenters. The molecule has 0 saturated carbocycles. The van der Waals surface area contributed by atoms with E-state index in [-0.39, 0.29) is 22.4 Å². The number of allylic oxidation sites excluding steroid dienone is 1. The van der Waals surface area contributed by atoms with Gasteiger partial charge in [0.2, 0.25) is 0 Å². The number of hydrogen-bond donors (Lipinski definition) is 2. The quantitative estimate of drug-likeness (QED) is 0.538. The number of hydrogen-bond acceptors (Lipinski definition) is 4. The second-order valence-electron chi connectivity index (χ2n) is 7.33. The molecule has 164 valence electrons. The second kappa shape index (κ2) is 8.92. The summed E-state index contributed by atoms with van der Waals surface area (Å²) >= 11 is 0. The van der Waals surface area contributed by atoms with E-state index in [1.54, 1.807) is 30.3 Å². The van der Waals surface area contributed by atoms with Gasteiger partial charge in [0, 0.05) is 11.3 Å². The lowest BCUT2D eigenvalue weighted by atomic mass is 9.94. The number of halogens is 1. The number of benzene rings is 3. The van der Waals surface area contributed by atoms with Gasteiger partial charge in [-0.15, -0.1) is 0 Å². The number of carboxylic acids is 1. The van der Waals surface area contributed by atoms with Crippen molar-refractivity contribution in [3.8, 4) is 0 Å². The van der Waals surface area contributed by atoms with Gasteiger partial charge in [-0.05, 0) is 35.9 Å². The molecule has 33 heavy (non-hydrogen) atoms. The summed E-state index contributed by atoms with van der Waals surface area (Å²) in [5.41, 5.74) is 0.430. The van der Waals surface area contributed by atoms with Gasteiger partial charge in [-0.3, -0.25) is 14.5 Å². The zero-order chi connectivity index (χ0) is 23.5. The highest BCUT2D eigenvalue weighted by Gasteiger charge is 2.44. The molecule has 6 nitrogen and oxygen atoms in total. The molecule has 1 aliphatic rings. The molecule has 3 aromatic carbocycles. The lowest BCUT2D eigenvalue weighted by Gasteiger charge is -2.27. The highest BCUT2D eigenvalue weighted by atomic mass is 19.1. The predicted molar refractivity (Wildman–Crippen MR) is 120 cm³/mol. The van der Waals surface area contributed by atoms with Crippen LogP contribution in [0.2, 0.25) is 0 Å². The van der Waals surface area contributed by atoms with E-state index in [2.05, 4.69) is 0 Å². The Morgan fingerprint density at radius 2 is 1.64 bits per heavy atom. The minimum atomic E-state index is -1.28. The van der Waals surface area contributed by atoms with E-state index in [9.17, 15) is 29.0 Å². The Hall–Kier alpha value is -4.52. The van der Waals surface area contributed by atoms with E-state index in [1.807, 2.05) is 6.07 Å². The van der Waals surface area contributed by atoms with Gasteiger partial charge in [0.1, 0.15) is 5.82 Å². The summed E-state index contributed by atoms with van der Waals surface area (Å²) in [6, 6.07) is 18.7. The molecule has 0 aliphatic carbocycles. The molecule has 1 atom stereocenters. The van der Waals surface area contributed by atoms with Crippen LogP contribution < -0.4 is 4.90 Å². The summed E-state index contributed by atoms with van der Waals surface area (Å²) in [5, 5.41) is 20.0. The largest absolute Gasteiger partial charge is 0.503 e. The number of carbonyl (C=O) groups is 3. The van der Waals surface area contributed by atoms with Gasteiger partial charge in [0.25, 0.3) is 5.91 Å². The molecule has 1 amide bonds. The first-order valence-corrected chi connectivity index (χ1v) is 10.0. The molecule has 0 bridgehead atoms. The fourth-order valence-electron chi connectivity index (χ4n) is 3.73. The summed E-state index contributed by atoms with van der Waals surface area (Å²) in [6.07, 6.45) is 2.73. The molecule has 1 heterocycles. The van der Waals surface area contributed by atoms with Gasteiger partial charge in [-0.25, -0.2) is 9.18 Å². The number of aliphatic hydroxyl groups is 1. The van der Waals surface area contributed by atoms with Crippen molar-refractivity contribution >= 4 is 29.4 Å². The lowest BCUT2D eigenvalue weighted by Crippen LogP contribution is -2.31. The van der Waals surface area contributed by atoms with Crippen LogP contribution in [0.15, 0.2) is 96.3 Å². The third-order valence-electron chi connectivity index (χ3n) is 5.27. The summed E-state index contributed by atoms with van der Waals surface area (Å²) < 4.78 is 14.8. The first-order chi connectivity index (χ1) is 15.9. The van der Waals surface area contributed by atoms with Crippen molar-refractivity contribution in [2.24, 2.45) is 0 Å². The first-order valence-electron chi connectivity index (χ1n) is 10.0. The number of ketones is 1. The Balaban J connectivity index is 1.83. The second-order valence-corrected chi connectivity index (χ2v) is 7.33. The van der Waals surface area contributed by atoms with Crippen LogP contribution in [0.1, 0.15) is 27.5 Å². The number of rotatable bonds is 6. The maximum atomic E-state index is 14.8. The van der Waals surface area contributed by atoms with Crippen LogP contribution in [0.25, 0.3) is 6.08 Å². The summed E-state index contributed by atoms with van der Waals surface area (Å²) in [5.74, 6) is -4.31. The van der Waals surface area contributed by atoms with E-state index < -0.39 is 35.3 Å².